The van der Waals surface area contributed by atoms with Crippen LogP contribution in [0.4, 0.5) is 21.5 Å². The van der Waals surface area contributed by atoms with Gasteiger partial charge in [0.05, 0.1) is 36.3 Å². The molecule has 0 aliphatic carbocycles. The van der Waals surface area contributed by atoms with E-state index in [1.54, 1.807) is 25.3 Å². The first-order chi connectivity index (χ1) is 16.3. The Morgan fingerprint density at radius 2 is 2.03 bits per heavy atom. The zero-order valence-corrected chi connectivity index (χ0v) is 21.2. The standard InChI is InChI=1S/C26H35ClFN3O3/c1-5-34-26(32)12-18(4)21-13-23(30-19-6-7-25(27)29-15-19)24(14-22(21)28)31(16-17(2)3)20-8-10-33-11-9-20/h6-7,13-15,17-18,20,30H,5,8-12,16H2,1-4H3/t18-/m1/s1. The zero-order chi connectivity index (χ0) is 24.7. The van der Waals surface area contributed by atoms with E-state index in [1.807, 2.05) is 19.1 Å². The van der Waals surface area contributed by atoms with Crippen LogP contribution in [-0.4, -0.2) is 43.4 Å². The molecule has 2 aromatic rings. The highest BCUT2D eigenvalue weighted by Gasteiger charge is 2.27. The predicted octanol–water partition coefficient (Wildman–Crippen LogP) is 6.32. The van der Waals surface area contributed by atoms with Crippen molar-refractivity contribution in [1.29, 1.82) is 0 Å². The Bertz CT molecular complexity index is 949. The van der Waals surface area contributed by atoms with Gasteiger partial charge in [0.2, 0.25) is 0 Å². The number of nitrogens with zero attached hydrogens (tertiary/aromatic N) is 2. The van der Waals surface area contributed by atoms with Gasteiger partial charge in [-0.2, -0.15) is 0 Å². The molecule has 0 bridgehead atoms. The molecule has 1 aromatic carbocycles. The Hall–Kier alpha value is -2.38. The Balaban J connectivity index is 2.03. The van der Waals surface area contributed by atoms with Crippen molar-refractivity contribution in [3.8, 4) is 0 Å². The average molecular weight is 492 g/mol. The molecule has 186 valence electrons. The summed E-state index contributed by atoms with van der Waals surface area (Å²) in [6, 6.07) is 7.21. The average Bonchev–Trinajstić information content (AvgIpc) is 2.80. The van der Waals surface area contributed by atoms with E-state index in [2.05, 4.69) is 29.0 Å². The number of halogens is 2. The SMILES string of the molecule is CCOC(=O)C[C@@H](C)c1cc(Nc2ccc(Cl)nc2)c(N(CC(C)C)C2CCOCC2)cc1F. The first-order valence-corrected chi connectivity index (χ1v) is 12.4. The van der Waals surface area contributed by atoms with Gasteiger partial charge in [-0.3, -0.25) is 4.79 Å². The number of carbonyl (C=O) groups excluding carboxylic acids is 1. The normalized spacial score (nSPS) is 15.3. The fourth-order valence-corrected chi connectivity index (χ4v) is 4.43. The summed E-state index contributed by atoms with van der Waals surface area (Å²) in [4.78, 5) is 18.5. The summed E-state index contributed by atoms with van der Waals surface area (Å²) in [5.41, 5.74) is 2.78. The van der Waals surface area contributed by atoms with Crippen LogP contribution in [0.2, 0.25) is 5.15 Å². The number of rotatable bonds is 10. The van der Waals surface area contributed by atoms with E-state index < -0.39 is 0 Å². The van der Waals surface area contributed by atoms with Crippen molar-refractivity contribution < 1.29 is 18.7 Å². The molecule has 2 heterocycles. The van der Waals surface area contributed by atoms with E-state index in [1.165, 1.54) is 0 Å². The van der Waals surface area contributed by atoms with E-state index in [0.717, 1.165) is 36.4 Å². The number of ether oxygens (including phenoxy) is 2. The third kappa shape index (κ3) is 7.06. The van der Waals surface area contributed by atoms with Crippen LogP contribution in [0.5, 0.6) is 0 Å². The number of pyridine rings is 1. The van der Waals surface area contributed by atoms with E-state index in [-0.39, 0.29) is 30.2 Å². The second-order valence-corrected chi connectivity index (χ2v) is 9.57. The molecule has 0 saturated carbocycles. The van der Waals surface area contributed by atoms with Gasteiger partial charge in [-0.05, 0) is 61.4 Å². The Labute approximate surface area is 206 Å². The molecule has 0 unspecified atom stereocenters. The van der Waals surface area contributed by atoms with E-state index in [4.69, 9.17) is 21.1 Å². The Morgan fingerprint density at radius 3 is 2.65 bits per heavy atom. The summed E-state index contributed by atoms with van der Waals surface area (Å²) in [5, 5.41) is 3.82. The Morgan fingerprint density at radius 1 is 1.29 bits per heavy atom. The van der Waals surface area contributed by atoms with Gasteiger partial charge in [-0.25, -0.2) is 9.37 Å². The van der Waals surface area contributed by atoms with Crippen LogP contribution in [-0.2, 0) is 14.3 Å². The lowest BCUT2D eigenvalue weighted by atomic mass is 9.95. The molecule has 0 amide bonds. The molecule has 1 saturated heterocycles. The number of hydrogen-bond acceptors (Lipinski definition) is 6. The quantitative estimate of drug-likeness (QED) is 0.310. The summed E-state index contributed by atoms with van der Waals surface area (Å²) in [6.07, 6.45) is 3.54. The van der Waals surface area contributed by atoms with Gasteiger partial charge in [-0.1, -0.05) is 32.4 Å². The molecule has 6 nitrogen and oxygen atoms in total. The van der Waals surface area contributed by atoms with Crippen LogP contribution in [0.3, 0.4) is 0 Å². The molecule has 8 heteroatoms. The minimum Gasteiger partial charge on any atom is -0.466 e. The lowest BCUT2D eigenvalue weighted by Gasteiger charge is -2.38. The van der Waals surface area contributed by atoms with Crippen LogP contribution < -0.4 is 10.2 Å². The fraction of sp³-hybridized carbons (Fsp3) is 0.538. The molecule has 0 spiro atoms. The number of carbonyl (C=O) groups is 1. The van der Waals surface area contributed by atoms with Crippen LogP contribution in [0.15, 0.2) is 30.5 Å². The van der Waals surface area contributed by atoms with Crippen molar-refractivity contribution in [3.63, 3.8) is 0 Å². The largest absolute Gasteiger partial charge is 0.466 e. The van der Waals surface area contributed by atoms with Gasteiger partial charge < -0.3 is 19.7 Å². The maximum Gasteiger partial charge on any atom is 0.306 e. The second-order valence-electron chi connectivity index (χ2n) is 9.19. The van der Waals surface area contributed by atoms with E-state index >= 15 is 4.39 Å². The molecule has 0 radical (unpaired) electrons. The smallest absolute Gasteiger partial charge is 0.306 e. The van der Waals surface area contributed by atoms with Crippen LogP contribution in [0, 0.1) is 11.7 Å². The fourth-order valence-electron chi connectivity index (χ4n) is 4.31. The summed E-state index contributed by atoms with van der Waals surface area (Å²) < 4.78 is 26.2. The Kier molecular flexibility index (Phi) is 9.54. The summed E-state index contributed by atoms with van der Waals surface area (Å²) in [6.45, 7) is 10.4. The molecular formula is C26H35ClFN3O3. The molecule has 1 fully saturated rings. The topological polar surface area (TPSA) is 63.7 Å². The van der Waals surface area contributed by atoms with Crippen molar-refractivity contribution in [3.05, 3.63) is 47.0 Å². The molecular weight excluding hydrogens is 457 g/mol. The lowest BCUT2D eigenvalue weighted by molar-refractivity contribution is -0.143. The van der Waals surface area contributed by atoms with Gasteiger partial charge in [0, 0.05) is 25.8 Å². The molecule has 1 aliphatic heterocycles. The maximum absolute atomic E-state index is 15.5. The summed E-state index contributed by atoms with van der Waals surface area (Å²) in [7, 11) is 0. The lowest BCUT2D eigenvalue weighted by Crippen LogP contribution is -2.42. The van der Waals surface area contributed by atoms with E-state index in [9.17, 15) is 4.79 Å². The van der Waals surface area contributed by atoms with Crippen molar-refractivity contribution in [2.75, 3.05) is 36.6 Å². The minimum atomic E-state index is -0.335. The van der Waals surface area contributed by atoms with Crippen molar-refractivity contribution in [2.45, 2.75) is 58.9 Å². The van der Waals surface area contributed by atoms with E-state index in [0.29, 0.717) is 36.5 Å². The van der Waals surface area contributed by atoms with Crippen LogP contribution in [0.25, 0.3) is 0 Å². The number of benzene rings is 1. The molecule has 3 rings (SSSR count). The van der Waals surface area contributed by atoms with Crippen molar-refractivity contribution in [1.82, 2.24) is 4.98 Å². The summed E-state index contributed by atoms with van der Waals surface area (Å²) in [5.74, 6) is -0.608. The van der Waals surface area contributed by atoms with Crippen molar-refractivity contribution >= 4 is 34.6 Å². The third-order valence-electron chi connectivity index (χ3n) is 5.93. The van der Waals surface area contributed by atoms with Gasteiger partial charge in [0.1, 0.15) is 11.0 Å². The minimum absolute atomic E-state index is 0.113. The van der Waals surface area contributed by atoms with Crippen molar-refractivity contribution in [2.24, 2.45) is 5.92 Å². The first-order valence-electron chi connectivity index (χ1n) is 12.0. The highest BCUT2D eigenvalue weighted by atomic mass is 35.5. The highest BCUT2D eigenvalue weighted by molar-refractivity contribution is 6.29. The number of hydrogen-bond donors (Lipinski definition) is 1. The number of nitrogens with one attached hydrogen (secondary N) is 1. The van der Waals surface area contributed by atoms with Crippen LogP contribution in [0.1, 0.15) is 58.4 Å². The third-order valence-corrected chi connectivity index (χ3v) is 6.16. The number of anilines is 3. The molecule has 1 aromatic heterocycles. The predicted molar refractivity (Wildman–Crippen MR) is 135 cm³/mol. The van der Waals surface area contributed by atoms with Gasteiger partial charge in [0.25, 0.3) is 0 Å². The number of esters is 1. The summed E-state index contributed by atoms with van der Waals surface area (Å²) >= 11 is 5.96. The van der Waals surface area contributed by atoms with Crippen LogP contribution >= 0.6 is 11.6 Å². The monoisotopic (exact) mass is 491 g/mol. The van der Waals surface area contributed by atoms with Gasteiger partial charge in [-0.15, -0.1) is 0 Å². The maximum atomic E-state index is 15.5. The molecule has 1 aliphatic rings. The second kappa shape index (κ2) is 12.4. The van der Waals surface area contributed by atoms with Gasteiger partial charge >= 0.3 is 5.97 Å². The molecule has 1 atom stereocenters. The highest BCUT2D eigenvalue weighted by Crippen LogP contribution is 2.38. The molecule has 34 heavy (non-hydrogen) atoms. The first kappa shape index (κ1) is 26.2. The van der Waals surface area contributed by atoms with Gasteiger partial charge in [0.15, 0.2) is 0 Å². The molecule has 1 N–H and O–H groups in total. The number of aromatic nitrogens is 1. The zero-order valence-electron chi connectivity index (χ0n) is 20.4.